The van der Waals surface area contributed by atoms with E-state index in [1.807, 2.05) is 0 Å². The van der Waals surface area contributed by atoms with Gasteiger partial charge in [0.05, 0.1) is 12.6 Å². The number of aliphatic hydroxyl groups excluding tert-OH is 1. The molecule has 0 spiro atoms. The Hall–Kier alpha value is -2.32. The first-order valence-electron chi connectivity index (χ1n) is 11.8. The summed E-state index contributed by atoms with van der Waals surface area (Å²) in [4.78, 5) is 49.3. The van der Waals surface area contributed by atoms with Gasteiger partial charge in [-0.25, -0.2) is 4.79 Å². The Balaban J connectivity index is 5.35. The number of aliphatic carboxylic acids is 1. The zero-order chi connectivity index (χ0) is 25.9. The fourth-order valence-electron chi connectivity index (χ4n) is 3.17. The second kappa shape index (κ2) is 19.0. The van der Waals surface area contributed by atoms with Crippen LogP contribution in [0.3, 0.4) is 0 Å². The maximum Gasteiger partial charge on any atom is 0.328 e. The van der Waals surface area contributed by atoms with Crippen molar-refractivity contribution in [1.29, 1.82) is 0 Å². The maximum absolute atomic E-state index is 13.0. The Morgan fingerprint density at radius 3 is 1.38 bits per heavy atom. The number of nitrogens with one attached hydrogen (secondary N) is 3. The molecule has 0 aliphatic heterocycles. The van der Waals surface area contributed by atoms with Crippen LogP contribution in [-0.2, 0) is 19.2 Å². The van der Waals surface area contributed by atoms with Crippen molar-refractivity contribution >= 4 is 23.7 Å². The van der Waals surface area contributed by atoms with Crippen LogP contribution in [-0.4, -0.2) is 84.3 Å². The molecule has 0 aliphatic carbocycles. The van der Waals surface area contributed by atoms with Gasteiger partial charge in [0.15, 0.2) is 0 Å². The highest BCUT2D eigenvalue weighted by Gasteiger charge is 2.29. The summed E-state index contributed by atoms with van der Waals surface area (Å²) in [6, 6.07) is -4.33. The van der Waals surface area contributed by atoms with Crippen LogP contribution in [0.15, 0.2) is 0 Å². The highest BCUT2D eigenvalue weighted by molar-refractivity contribution is 5.94. The molecule has 0 saturated carbocycles. The number of nitrogens with two attached hydrogens (primary N) is 4. The molecule has 0 fully saturated rings. The smallest absolute Gasteiger partial charge is 0.328 e. The molecule has 0 aromatic carbocycles. The summed E-state index contributed by atoms with van der Waals surface area (Å²) in [6.07, 6.45) is 4.61. The van der Waals surface area contributed by atoms with E-state index >= 15 is 0 Å². The van der Waals surface area contributed by atoms with Crippen molar-refractivity contribution in [2.75, 3.05) is 26.2 Å². The Labute approximate surface area is 200 Å². The van der Waals surface area contributed by atoms with Crippen LogP contribution >= 0.6 is 0 Å². The van der Waals surface area contributed by atoms with Crippen LogP contribution in [0.4, 0.5) is 0 Å². The number of rotatable bonds is 20. The summed E-state index contributed by atoms with van der Waals surface area (Å²) in [5.74, 6) is -3.24. The van der Waals surface area contributed by atoms with Gasteiger partial charge >= 0.3 is 5.97 Å². The molecule has 3 amide bonds. The molecule has 13 heteroatoms. The number of carboxylic acids is 1. The van der Waals surface area contributed by atoms with E-state index in [-0.39, 0.29) is 12.8 Å². The molecule has 198 valence electrons. The quantitative estimate of drug-likeness (QED) is 0.0796. The topological polar surface area (TPSA) is 249 Å². The first kappa shape index (κ1) is 31.7. The van der Waals surface area contributed by atoms with Gasteiger partial charge in [-0.05, 0) is 71.0 Å². The molecule has 4 atom stereocenters. The number of carbonyl (C=O) groups is 4. The zero-order valence-electron chi connectivity index (χ0n) is 19.8. The molecule has 13 N–H and O–H groups in total. The van der Waals surface area contributed by atoms with Gasteiger partial charge in [-0.1, -0.05) is 6.42 Å². The molecule has 0 aliphatic rings. The normalized spacial score (nSPS) is 14.5. The van der Waals surface area contributed by atoms with Crippen LogP contribution < -0.4 is 38.9 Å². The molecular formula is C21H43N7O6. The highest BCUT2D eigenvalue weighted by atomic mass is 16.4. The molecule has 0 heterocycles. The first-order chi connectivity index (χ1) is 16.2. The molecule has 0 saturated heterocycles. The van der Waals surface area contributed by atoms with E-state index in [0.717, 1.165) is 6.42 Å². The molecule has 13 nitrogen and oxygen atoms in total. The van der Waals surface area contributed by atoms with Crippen molar-refractivity contribution in [1.82, 2.24) is 16.0 Å². The summed E-state index contributed by atoms with van der Waals surface area (Å²) in [6.45, 7) is 0.495. The number of aliphatic hydroxyl groups is 1. The summed E-state index contributed by atoms with van der Waals surface area (Å²) in [5.41, 5.74) is 22.4. The number of hydrogen-bond acceptors (Lipinski definition) is 9. The van der Waals surface area contributed by atoms with Crippen LogP contribution in [0.25, 0.3) is 0 Å². The lowest BCUT2D eigenvalue weighted by atomic mass is 10.0. The number of carbonyl (C=O) groups excluding carboxylic acids is 3. The second-order valence-corrected chi connectivity index (χ2v) is 8.16. The van der Waals surface area contributed by atoms with Gasteiger partial charge < -0.3 is 49.1 Å². The lowest BCUT2D eigenvalue weighted by molar-refractivity contribution is -0.143. The minimum absolute atomic E-state index is 0.203. The van der Waals surface area contributed by atoms with Gasteiger partial charge in [0, 0.05) is 0 Å². The largest absolute Gasteiger partial charge is 0.480 e. The van der Waals surface area contributed by atoms with Crippen LogP contribution in [0.5, 0.6) is 0 Å². The highest BCUT2D eigenvalue weighted by Crippen LogP contribution is 2.07. The lowest BCUT2D eigenvalue weighted by Gasteiger charge is -2.25. The van der Waals surface area contributed by atoms with Gasteiger partial charge in [0.2, 0.25) is 17.7 Å². The average molecular weight is 490 g/mol. The van der Waals surface area contributed by atoms with Crippen molar-refractivity contribution in [3.8, 4) is 0 Å². The van der Waals surface area contributed by atoms with E-state index in [2.05, 4.69) is 16.0 Å². The second-order valence-electron chi connectivity index (χ2n) is 8.16. The predicted molar refractivity (Wildman–Crippen MR) is 127 cm³/mol. The Morgan fingerprint density at radius 1 is 0.618 bits per heavy atom. The zero-order valence-corrected chi connectivity index (χ0v) is 19.8. The molecule has 0 aromatic heterocycles. The van der Waals surface area contributed by atoms with Crippen molar-refractivity contribution in [2.45, 2.75) is 82.0 Å². The van der Waals surface area contributed by atoms with Crippen molar-refractivity contribution in [2.24, 2.45) is 22.9 Å². The summed E-state index contributed by atoms with van der Waals surface area (Å²) in [5, 5.41) is 25.7. The van der Waals surface area contributed by atoms with Gasteiger partial charge in [0.25, 0.3) is 0 Å². The average Bonchev–Trinajstić information content (AvgIpc) is 2.80. The third-order valence-electron chi connectivity index (χ3n) is 5.26. The molecule has 0 rings (SSSR count). The monoisotopic (exact) mass is 489 g/mol. The summed E-state index contributed by atoms with van der Waals surface area (Å²) in [7, 11) is 0. The van der Waals surface area contributed by atoms with Crippen LogP contribution in [0, 0.1) is 0 Å². The third-order valence-corrected chi connectivity index (χ3v) is 5.26. The van der Waals surface area contributed by atoms with Gasteiger partial charge in [-0.3, -0.25) is 14.4 Å². The van der Waals surface area contributed by atoms with E-state index in [4.69, 9.17) is 28.0 Å². The SMILES string of the molecule is NCCCCC(N)C(=O)NC(CCCCN)C(=O)NC(CCCCN)C(=O)NC(CO)C(=O)O. The number of carboxylic acid groups (broad SMARTS) is 1. The Bertz CT molecular complexity index is 622. The minimum Gasteiger partial charge on any atom is -0.480 e. The minimum atomic E-state index is -1.51. The molecular weight excluding hydrogens is 446 g/mol. The summed E-state index contributed by atoms with van der Waals surface area (Å²) >= 11 is 0. The fraction of sp³-hybridized carbons (Fsp3) is 0.810. The van der Waals surface area contributed by atoms with Crippen molar-refractivity contribution in [3.63, 3.8) is 0 Å². The molecule has 0 bridgehead atoms. The van der Waals surface area contributed by atoms with Gasteiger partial charge in [0.1, 0.15) is 18.1 Å². The van der Waals surface area contributed by atoms with Gasteiger partial charge in [-0.2, -0.15) is 0 Å². The van der Waals surface area contributed by atoms with E-state index in [1.54, 1.807) is 0 Å². The molecule has 34 heavy (non-hydrogen) atoms. The Kier molecular flexibility index (Phi) is 17.7. The Morgan fingerprint density at radius 2 is 1.00 bits per heavy atom. The molecule has 0 radical (unpaired) electrons. The number of hydrogen-bond donors (Lipinski definition) is 9. The number of unbranched alkanes of at least 4 members (excludes halogenated alkanes) is 3. The molecule has 4 unspecified atom stereocenters. The molecule has 0 aromatic rings. The maximum atomic E-state index is 13.0. The third kappa shape index (κ3) is 13.4. The van der Waals surface area contributed by atoms with Crippen LogP contribution in [0.1, 0.15) is 57.8 Å². The first-order valence-corrected chi connectivity index (χ1v) is 11.8. The fourth-order valence-corrected chi connectivity index (χ4v) is 3.17. The number of amides is 3. The lowest BCUT2D eigenvalue weighted by Crippen LogP contribution is -2.57. The van der Waals surface area contributed by atoms with E-state index in [0.29, 0.717) is 58.2 Å². The summed E-state index contributed by atoms with van der Waals surface area (Å²) < 4.78 is 0. The van der Waals surface area contributed by atoms with Crippen molar-refractivity contribution < 1.29 is 29.4 Å². The van der Waals surface area contributed by atoms with Crippen LogP contribution in [0.2, 0.25) is 0 Å². The van der Waals surface area contributed by atoms with E-state index < -0.39 is 54.5 Å². The van der Waals surface area contributed by atoms with Crippen molar-refractivity contribution in [3.05, 3.63) is 0 Å². The van der Waals surface area contributed by atoms with Gasteiger partial charge in [-0.15, -0.1) is 0 Å². The predicted octanol–water partition coefficient (Wildman–Crippen LogP) is -2.77. The van der Waals surface area contributed by atoms with E-state index in [1.165, 1.54) is 0 Å². The van der Waals surface area contributed by atoms with E-state index in [9.17, 15) is 24.3 Å². The standard InChI is InChI=1S/C21H43N7O6/c22-10-4-1-7-14(25)18(30)26-15(8-2-5-11-23)19(31)27-16(9-3-6-12-24)20(32)28-17(13-29)21(33)34/h14-17,29H,1-13,22-25H2,(H,26,30)(H,27,31)(H,28,32)(H,33,34).